The molecule has 4 aromatic rings. The number of methoxy groups -OCH3 is 1. The van der Waals surface area contributed by atoms with Crippen molar-refractivity contribution < 1.29 is 37.0 Å². The van der Waals surface area contributed by atoms with E-state index in [1.807, 2.05) is 6.07 Å². The van der Waals surface area contributed by atoms with Crippen LogP contribution in [0.2, 0.25) is 0 Å². The molecule has 45 heavy (non-hydrogen) atoms. The van der Waals surface area contributed by atoms with E-state index in [0.717, 1.165) is 5.56 Å². The van der Waals surface area contributed by atoms with E-state index in [1.54, 1.807) is 61.5 Å². The van der Waals surface area contributed by atoms with Crippen LogP contribution < -0.4 is 26.3 Å². The first kappa shape index (κ1) is 32.7. The van der Waals surface area contributed by atoms with Gasteiger partial charge in [0.25, 0.3) is 0 Å². The molecule has 236 valence electrons. The second-order valence-electron chi connectivity index (χ2n) is 9.82. The molecule has 2 atom stereocenters. The lowest BCUT2D eigenvalue weighted by Crippen LogP contribution is -2.45. The summed E-state index contributed by atoms with van der Waals surface area (Å²) >= 11 is 0. The van der Waals surface area contributed by atoms with Crippen LogP contribution in [0.5, 0.6) is 11.6 Å². The van der Waals surface area contributed by atoms with Gasteiger partial charge in [0.2, 0.25) is 23.8 Å². The molecule has 0 unspecified atom stereocenters. The van der Waals surface area contributed by atoms with Crippen molar-refractivity contribution in [1.29, 1.82) is 0 Å². The van der Waals surface area contributed by atoms with Gasteiger partial charge in [0.1, 0.15) is 11.8 Å². The number of hydrogen-bond donors (Lipinski definition) is 3. The lowest BCUT2D eigenvalue weighted by Gasteiger charge is -2.22. The van der Waals surface area contributed by atoms with E-state index >= 15 is 0 Å². The SMILES string of the molecule is CCOC(=O)[C@H](Cc1ccc(-c2cc(O[C@H](c3ccc(-c4cccc(OC)c4)cc3)C(F)(F)F)nc(N)n2)cc1)NC(=O)CN. The Labute approximate surface area is 257 Å². The second kappa shape index (κ2) is 14.5. The molecule has 0 aliphatic rings. The average molecular weight is 624 g/mol. The van der Waals surface area contributed by atoms with Crippen LogP contribution in [0.1, 0.15) is 24.2 Å². The first-order valence-electron chi connectivity index (χ1n) is 13.9. The number of anilines is 1. The summed E-state index contributed by atoms with van der Waals surface area (Å²) in [5.41, 5.74) is 13.9. The zero-order valence-corrected chi connectivity index (χ0v) is 24.5. The fourth-order valence-corrected chi connectivity index (χ4v) is 4.49. The summed E-state index contributed by atoms with van der Waals surface area (Å²) in [6, 6.07) is 20.0. The molecule has 1 heterocycles. The normalized spacial score (nSPS) is 12.6. The number of nitrogens with zero attached hydrogens (tertiary/aromatic N) is 2. The van der Waals surface area contributed by atoms with Gasteiger partial charge >= 0.3 is 12.1 Å². The molecule has 0 aliphatic heterocycles. The molecule has 0 bridgehead atoms. The Hall–Kier alpha value is -5.17. The number of hydrogen-bond acceptors (Lipinski definition) is 9. The van der Waals surface area contributed by atoms with Crippen LogP contribution in [0.4, 0.5) is 19.1 Å². The van der Waals surface area contributed by atoms with Gasteiger partial charge in [-0.3, -0.25) is 4.79 Å². The molecule has 1 amide bonds. The fourth-order valence-electron chi connectivity index (χ4n) is 4.49. The molecule has 0 spiro atoms. The minimum atomic E-state index is -4.77. The zero-order chi connectivity index (χ0) is 32.6. The van der Waals surface area contributed by atoms with Crippen molar-refractivity contribution in [3.63, 3.8) is 0 Å². The maximum atomic E-state index is 14.2. The molecule has 4 rings (SSSR count). The van der Waals surface area contributed by atoms with Crippen molar-refractivity contribution in [2.24, 2.45) is 5.73 Å². The van der Waals surface area contributed by atoms with Gasteiger partial charge in [-0.1, -0.05) is 60.7 Å². The van der Waals surface area contributed by atoms with Crippen LogP contribution in [0, 0.1) is 0 Å². The molecule has 0 saturated carbocycles. The topological polar surface area (TPSA) is 152 Å². The van der Waals surface area contributed by atoms with Crippen LogP contribution in [-0.2, 0) is 20.7 Å². The number of amides is 1. The minimum Gasteiger partial charge on any atom is -0.497 e. The highest BCUT2D eigenvalue weighted by atomic mass is 19.4. The Morgan fingerprint density at radius 2 is 1.62 bits per heavy atom. The van der Waals surface area contributed by atoms with Crippen molar-refractivity contribution in [2.45, 2.75) is 31.7 Å². The third-order valence-corrected chi connectivity index (χ3v) is 6.65. The highest BCUT2D eigenvalue weighted by molar-refractivity contribution is 5.85. The third kappa shape index (κ3) is 8.70. The Kier molecular flexibility index (Phi) is 10.6. The van der Waals surface area contributed by atoms with Crippen molar-refractivity contribution in [3.05, 3.63) is 90.0 Å². The number of benzene rings is 3. The number of esters is 1. The molecule has 3 aromatic carbocycles. The van der Waals surface area contributed by atoms with E-state index in [-0.39, 0.29) is 42.7 Å². The molecule has 0 fully saturated rings. The van der Waals surface area contributed by atoms with Gasteiger partial charge in [-0.05, 0) is 35.7 Å². The van der Waals surface area contributed by atoms with Crippen molar-refractivity contribution in [1.82, 2.24) is 15.3 Å². The lowest BCUT2D eigenvalue weighted by atomic mass is 10.0. The summed E-state index contributed by atoms with van der Waals surface area (Å²) < 4.78 is 58.3. The predicted octanol–water partition coefficient (Wildman–Crippen LogP) is 4.63. The molecule has 13 heteroatoms. The summed E-state index contributed by atoms with van der Waals surface area (Å²) in [7, 11) is 1.53. The van der Waals surface area contributed by atoms with E-state index in [1.165, 1.54) is 25.3 Å². The summed E-state index contributed by atoms with van der Waals surface area (Å²) in [5.74, 6) is -1.15. The molecule has 1 aromatic heterocycles. The van der Waals surface area contributed by atoms with Gasteiger partial charge in [-0.25, -0.2) is 9.78 Å². The predicted molar refractivity (Wildman–Crippen MR) is 161 cm³/mol. The number of alkyl halides is 3. The van der Waals surface area contributed by atoms with Crippen LogP contribution >= 0.6 is 0 Å². The summed E-state index contributed by atoms with van der Waals surface area (Å²) in [4.78, 5) is 32.1. The Morgan fingerprint density at radius 3 is 2.24 bits per heavy atom. The van der Waals surface area contributed by atoms with Crippen LogP contribution in [-0.4, -0.2) is 54.3 Å². The largest absolute Gasteiger partial charge is 0.497 e. The van der Waals surface area contributed by atoms with Gasteiger partial charge in [0.15, 0.2) is 0 Å². The highest BCUT2D eigenvalue weighted by Gasteiger charge is 2.43. The first-order chi connectivity index (χ1) is 21.5. The number of halogens is 3. The second-order valence-corrected chi connectivity index (χ2v) is 9.82. The Morgan fingerprint density at radius 1 is 0.933 bits per heavy atom. The molecule has 0 radical (unpaired) electrons. The Balaban J connectivity index is 1.55. The lowest BCUT2D eigenvalue weighted by molar-refractivity contribution is -0.198. The summed E-state index contributed by atoms with van der Waals surface area (Å²) in [6.45, 7) is 1.49. The highest BCUT2D eigenvalue weighted by Crippen LogP contribution is 2.38. The molecular weight excluding hydrogens is 591 g/mol. The fraction of sp³-hybridized carbons (Fsp3) is 0.250. The minimum absolute atomic E-state index is 0.120. The van der Waals surface area contributed by atoms with Gasteiger partial charge in [-0.15, -0.1) is 0 Å². The van der Waals surface area contributed by atoms with Crippen LogP contribution in [0.15, 0.2) is 78.9 Å². The zero-order valence-electron chi connectivity index (χ0n) is 24.5. The number of aromatic nitrogens is 2. The molecule has 0 saturated heterocycles. The maximum absolute atomic E-state index is 14.2. The number of nitrogen functional groups attached to an aromatic ring is 1. The van der Waals surface area contributed by atoms with Gasteiger partial charge in [0.05, 0.1) is 26.0 Å². The molecule has 0 aliphatic carbocycles. The standard InChI is InChI=1S/C32H32F3N5O5/c1-3-44-30(42)26(38-27(41)18-36)15-19-7-9-21(10-8-19)25-17-28(40-31(37)39-25)45-29(32(33,34)35)22-13-11-20(12-14-22)23-5-4-6-24(16-23)43-2/h4-14,16-17,26,29H,3,15,18,36H2,1-2H3,(H,38,41)(H2,37,39,40)/t26-,29+/m0/s1. The van der Waals surface area contributed by atoms with Crippen molar-refractivity contribution >= 4 is 17.8 Å². The van der Waals surface area contributed by atoms with E-state index in [2.05, 4.69) is 15.3 Å². The van der Waals surface area contributed by atoms with Crippen LogP contribution in [0.3, 0.4) is 0 Å². The number of nitrogens with two attached hydrogens (primary N) is 2. The third-order valence-electron chi connectivity index (χ3n) is 6.65. The van der Waals surface area contributed by atoms with E-state index in [0.29, 0.717) is 22.4 Å². The maximum Gasteiger partial charge on any atom is 0.429 e. The van der Waals surface area contributed by atoms with Crippen molar-refractivity contribution in [2.75, 3.05) is 26.0 Å². The molecular formula is C32H32F3N5O5. The molecule has 5 N–H and O–H groups in total. The van der Waals surface area contributed by atoms with Gasteiger partial charge in [0, 0.05) is 23.6 Å². The van der Waals surface area contributed by atoms with Gasteiger partial charge < -0.3 is 31.0 Å². The summed E-state index contributed by atoms with van der Waals surface area (Å²) in [5, 5.41) is 2.53. The first-order valence-corrected chi connectivity index (χ1v) is 13.9. The van der Waals surface area contributed by atoms with E-state index < -0.39 is 30.2 Å². The van der Waals surface area contributed by atoms with E-state index in [4.69, 9.17) is 25.7 Å². The van der Waals surface area contributed by atoms with Gasteiger partial charge in [-0.2, -0.15) is 18.2 Å². The Bertz CT molecular complexity index is 1620. The number of carbonyl (C=O) groups is 2. The van der Waals surface area contributed by atoms with Crippen LogP contribution in [0.25, 0.3) is 22.4 Å². The summed E-state index contributed by atoms with van der Waals surface area (Å²) in [6.07, 6.45) is -6.98. The number of ether oxygens (including phenoxy) is 3. The molecule has 10 nitrogen and oxygen atoms in total. The number of carbonyl (C=O) groups excluding carboxylic acids is 2. The monoisotopic (exact) mass is 623 g/mol. The smallest absolute Gasteiger partial charge is 0.429 e. The number of nitrogens with one attached hydrogen (secondary N) is 1. The quantitative estimate of drug-likeness (QED) is 0.192. The van der Waals surface area contributed by atoms with Crippen molar-refractivity contribution in [3.8, 4) is 34.0 Å². The average Bonchev–Trinajstić information content (AvgIpc) is 3.03. The van der Waals surface area contributed by atoms with E-state index in [9.17, 15) is 22.8 Å². The number of rotatable bonds is 12.